The molecule has 35 heavy (non-hydrogen) atoms. The molecule has 0 fully saturated rings. The second kappa shape index (κ2) is 12.5. The molecule has 3 aromatic carbocycles. The Hall–Kier alpha value is -3.12. The first-order chi connectivity index (χ1) is 16.8. The normalized spacial score (nSPS) is 11.6. The fourth-order valence-electron chi connectivity index (χ4n) is 4.03. The number of hydrogen-bond acceptors (Lipinski definition) is 3. The van der Waals surface area contributed by atoms with Gasteiger partial charge in [-0.3, -0.25) is 9.59 Å². The van der Waals surface area contributed by atoms with Gasteiger partial charge in [0.1, 0.15) is 11.8 Å². The van der Waals surface area contributed by atoms with E-state index in [9.17, 15) is 9.59 Å². The summed E-state index contributed by atoms with van der Waals surface area (Å²) in [4.78, 5) is 28.5. The van der Waals surface area contributed by atoms with Gasteiger partial charge < -0.3 is 15.0 Å². The molecule has 1 atom stereocenters. The molecule has 0 aliphatic rings. The SMILES string of the molecule is CCNC(=O)[C@H](Cc1ccccc1)N(Cc1ccccc1C)C(=O)COc1cc(C)c(Br)c(C)c1. The van der Waals surface area contributed by atoms with Gasteiger partial charge in [-0.05, 0) is 67.6 Å². The first kappa shape index (κ1) is 26.5. The van der Waals surface area contributed by atoms with E-state index in [1.807, 2.05) is 94.4 Å². The maximum atomic E-state index is 13.6. The van der Waals surface area contributed by atoms with Crippen LogP contribution in [0.3, 0.4) is 0 Å². The Morgan fingerprint density at radius 3 is 2.20 bits per heavy atom. The molecule has 0 aromatic heterocycles. The van der Waals surface area contributed by atoms with Crippen LogP contribution in [0.15, 0.2) is 71.2 Å². The van der Waals surface area contributed by atoms with Crippen molar-refractivity contribution in [3.8, 4) is 5.75 Å². The van der Waals surface area contributed by atoms with E-state index in [2.05, 4.69) is 21.2 Å². The summed E-state index contributed by atoms with van der Waals surface area (Å²) in [7, 11) is 0. The number of nitrogens with zero attached hydrogens (tertiary/aromatic N) is 1. The Bertz CT molecular complexity index is 1140. The van der Waals surface area contributed by atoms with Gasteiger partial charge in [0.05, 0.1) is 0 Å². The highest BCUT2D eigenvalue weighted by Crippen LogP contribution is 2.26. The number of rotatable bonds is 10. The van der Waals surface area contributed by atoms with E-state index >= 15 is 0 Å². The van der Waals surface area contributed by atoms with Gasteiger partial charge in [0, 0.05) is 24.0 Å². The van der Waals surface area contributed by atoms with Gasteiger partial charge in [0.25, 0.3) is 5.91 Å². The van der Waals surface area contributed by atoms with Gasteiger partial charge >= 0.3 is 0 Å². The third-order valence-corrected chi connectivity index (χ3v) is 7.25. The number of benzene rings is 3. The standard InChI is InChI=1S/C29H33BrN2O3/c1-5-31-29(34)26(17-23-12-7-6-8-13-23)32(18-24-14-10-9-11-20(24)2)27(33)19-35-25-15-21(3)28(30)22(4)16-25/h6-16,26H,5,17-19H2,1-4H3,(H,31,34)/t26-/m0/s1. The molecule has 0 heterocycles. The first-order valence-corrected chi connectivity index (χ1v) is 12.6. The second-order valence-electron chi connectivity index (χ2n) is 8.71. The molecule has 3 rings (SSSR count). The molecular formula is C29H33BrN2O3. The zero-order valence-electron chi connectivity index (χ0n) is 20.8. The Kier molecular flexibility index (Phi) is 9.49. The third-order valence-electron chi connectivity index (χ3n) is 6.00. The number of carbonyl (C=O) groups excluding carboxylic acids is 2. The number of likely N-dealkylation sites (N-methyl/N-ethyl adjacent to an activating group) is 1. The molecule has 0 spiro atoms. The molecule has 0 radical (unpaired) electrons. The summed E-state index contributed by atoms with van der Waals surface area (Å²) >= 11 is 3.57. The van der Waals surface area contributed by atoms with Crippen molar-refractivity contribution in [2.75, 3.05) is 13.2 Å². The lowest BCUT2D eigenvalue weighted by Crippen LogP contribution is -2.51. The van der Waals surface area contributed by atoms with Crippen molar-refractivity contribution in [1.29, 1.82) is 0 Å². The largest absolute Gasteiger partial charge is 0.484 e. The number of ether oxygens (including phenoxy) is 1. The second-order valence-corrected chi connectivity index (χ2v) is 9.50. The van der Waals surface area contributed by atoms with Crippen LogP contribution in [0.5, 0.6) is 5.75 Å². The van der Waals surface area contributed by atoms with Crippen LogP contribution in [0, 0.1) is 20.8 Å². The van der Waals surface area contributed by atoms with Crippen molar-refractivity contribution in [2.24, 2.45) is 0 Å². The summed E-state index contributed by atoms with van der Waals surface area (Å²) in [6, 6.07) is 20.9. The van der Waals surface area contributed by atoms with Gasteiger partial charge in [-0.25, -0.2) is 0 Å². The predicted molar refractivity (Wildman–Crippen MR) is 143 cm³/mol. The van der Waals surface area contributed by atoms with Crippen molar-refractivity contribution >= 4 is 27.7 Å². The quantitative estimate of drug-likeness (QED) is 0.370. The highest BCUT2D eigenvalue weighted by molar-refractivity contribution is 9.10. The van der Waals surface area contributed by atoms with Gasteiger partial charge in [-0.1, -0.05) is 70.5 Å². The molecule has 0 bridgehead atoms. The summed E-state index contributed by atoms with van der Waals surface area (Å²) in [5.74, 6) is 0.220. The van der Waals surface area contributed by atoms with E-state index in [0.717, 1.165) is 32.3 Å². The lowest BCUT2D eigenvalue weighted by atomic mass is 10.0. The number of aryl methyl sites for hydroxylation is 3. The summed E-state index contributed by atoms with van der Waals surface area (Å²) < 4.78 is 6.95. The minimum atomic E-state index is -0.665. The highest BCUT2D eigenvalue weighted by atomic mass is 79.9. The van der Waals surface area contributed by atoms with Crippen LogP contribution >= 0.6 is 15.9 Å². The summed E-state index contributed by atoms with van der Waals surface area (Å²) in [5, 5.41) is 2.92. The monoisotopic (exact) mass is 536 g/mol. The smallest absolute Gasteiger partial charge is 0.261 e. The van der Waals surface area contributed by atoms with E-state index in [1.54, 1.807) is 4.90 Å². The molecule has 0 saturated heterocycles. The predicted octanol–water partition coefficient (Wildman–Crippen LogP) is 5.53. The molecule has 5 nitrogen and oxygen atoms in total. The maximum absolute atomic E-state index is 13.6. The average Bonchev–Trinajstić information content (AvgIpc) is 2.85. The van der Waals surface area contributed by atoms with E-state index in [4.69, 9.17) is 4.74 Å². The number of hydrogen-bond donors (Lipinski definition) is 1. The molecule has 6 heteroatoms. The van der Waals surface area contributed by atoms with Crippen LogP contribution < -0.4 is 10.1 Å². The number of amides is 2. The minimum absolute atomic E-state index is 0.156. The van der Waals surface area contributed by atoms with Crippen LogP contribution in [-0.2, 0) is 22.6 Å². The van der Waals surface area contributed by atoms with Gasteiger partial charge in [-0.2, -0.15) is 0 Å². The van der Waals surface area contributed by atoms with Gasteiger partial charge in [-0.15, -0.1) is 0 Å². The molecule has 0 unspecified atom stereocenters. The lowest BCUT2D eigenvalue weighted by molar-refractivity contribution is -0.142. The summed E-state index contributed by atoms with van der Waals surface area (Å²) in [6.45, 7) is 8.53. The number of carbonyl (C=O) groups is 2. The fourth-order valence-corrected chi connectivity index (χ4v) is 4.26. The number of halogens is 1. The molecule has 2 amide bonds. The zero-order valence-corrected chi connectivity index (χ0v) is 22.4. The molecule has 0 aliphatic carbocycles. The topological polar surface area (TPSA) is 58.6 Å². The molecule has 0 saturated carbocycles. The van der Waals surface area contributed by atoms with Crippen molar-refractivity contribution in [3.63, 3.8) is 0 Å². The van der Waals surface area contributed by atoms with Crippen molar-refractivity contribution in [1.82, 2.24) is 10.2 Å². The molecule has 3 aromatic rings. The van der Waals surface area contributed by atoms with Crippen LogP contribution in [0.4, 0.5) is 0 Å². The number of nitrogens with one attached hydrogen (secondary N) is 1. The van der Waals surface area contributed by atoms with Gasteiger partial charge in [0.2, 0.25) is 5.91 Å². The molecule has 0 aliphatic heterocycles. The first-order valence-electron chi connectivity index (χ1n) is 11.8. The minimum Gasteiger partial charge on any atom is -0.484 e. The van der Waals surface area contributed by atoms with Crippen molar-refractivity contribution in [2.45, 2.75) is 46.7 Å². The fraction of sp³-hybridized carbons (Fsp3) is 0.310. The highest BCUT2D eigenvalue weighted by Gasteiger charge is 2.30. The van der Waals surface area contributed by atoms with Crippen LogP contribution in [0.2, 0.25) is 0 Å². The Morgan fingerprint density at radius 1 is 0.943 bits per heavy atom. The lowest BCUT2D eigenvalue weighted by Gasteiger charge is -2.32. The molecule has 184 valence electrons. The average molecular weight is 537 g/mol. The zero-order chi connectivity index (χ0) is 25.4. The van der Waals surface area contributed by atoms with E-state index in [-0.39, 0.29) is 18.4 Å². The maximum Gasteiger partial charge on any atom is 0.261 e. The van der Waals surface area contributed by atoms with Crippen LogP contribution in [0.1, 0.15) is 34.7 Å². The van der Waals surface area contributed by atoms with Crippen LogP contribution in [-0.4, -0.2) is 35.9 Å². The van der Waals surface area contributed by atoms with E-state index in [1.165, 1.54) is 0 Å². The Morgan fingerprint density at radius 2 is 1.57 bits per heavy atom. The van der Waals surface area contributed by atoms with E-state index < -0.39 is 6.04 Å². The van der Waals surface area contributed by atoms with Crippen LogP contribution in [0.25, 0.3) is 0 Å². The Labute approximate surface area is 216 Å². The van der Waals surface area contributed by atoms with Crippen molar-refractivity contribution < 1.29 is 14.3 Å². The third kappa shape index (κ3) is 7.18. The van der Waals surface area contributed by atoms with Gasteiger partial charge in [0.15, 0.2) is 6.61 Å². The Balaban J connectivity index is 1.91. The van der Waals surface area contributed by atoms with Crippen molar-refractivity contribution in [3.05, 3.63) is 99.0 Å². The molecule has 1 N–H and O–H groups in total. The van der Waals surface area contributed by atoms with E-state index in [0.29, 0.717) is 25.3 Å². The molecular weight excluding hydrogens is 504 g/mol. The summed E-state index contributed by atoms with van der Waals surface area (Å²) in [5.41, 5.74) is 5.13. The summed E-state index contributed by atoms with van der Waals surface area (Å²) in [6.07, 6.45) is 0.417.